The Bertz CT molecular complexity index is 1010. The van der Waals surface area contributed by atoms with Crippen LogP contribution < -0.4 is 5.56 Å². The van der Waals surface area contributed by atoms with Crippen LogP contribution in [0.15, 0.2) is 27.5 Å². The summed E-state index contributed by atoms with van der Waals surface area (Å²) in [6, 6.07) is 4.06. The lowest BCUT2D eigenvalue weighted by Crippen LogP contribution is -2.19. The highest BCUT2D eigenvalue weighted by molar-refractivity contribution is 7.99. The van der Waals surface area contributed by atoms with Gasteiger partial charge in [0.05, 0.1) is 11.1 Å². The summed E-state index contributed by atoms with van der Waals surface area (Å²) < 4.78 is 3.69. The van der Waals surface area contributed by atoms with Crippen LogP contribution >= 0.6 is 23.1 Å². The smallest absolute Gasteiger partial charge is 0.262 e. The van der Waals surface area contributed by atoms with Gasteiger partial charge in [-0.25, -0.2) is 4.98 Å². The van der Waals surface area contributed by atoms with Crippen molar-refractivity contribution < 1.29 is 4.79 Å². The first kappa shape index (κ1) is 17.9. The largest absolute Gasteiger partial charge is 0.346 e. The van der Waals surface area contributed by atoms with E-state index in [9.17, 15) is 9.59 Å². The molecule has 0 aliphatic heterocycles. The van der Waals surface area contributed by atoms with Crippen molar-refractivity contribution in [1.29, 1.82) is 0 Å². The van der Waals surface area contributed by atoms with Gasteiger partial charge in [0.15, 0.2) is 10.9 Å². The molecule has 3 aromatic rings. The molecule has 0 bridgehead atoms. The van der Waals surface area contributed by atoms with Gasteiger partial charge in [-0.1, -0.05) is 11.8 Å². The second-order valence-corrected chi connectivity index (χ2v) is 8.20. The van der Waals surface area contributed by atoms with Crippen molar-refractivity contribution in [3.8, 4) is 0 Å². The molecule has 0 aliphatic rings. The predicted molar refractivity (Wildman–Crippen MR) is 104 cm³/mol. The van der Waals surface area contributed by atoms with Crippen LogP contribution in [0, 0.1) is 13.8 Å². The van der Waals surface area contributed by atoms with E-state index in [1.54, 1.807) is 13.1 Å². The number of fused-ring (bicyclic) bond motifs is 1. The average Bonchev–Trinajstić information content (AvgIpc) is 3.13. The van der Waals surface area contributed by atoms with E-state index in [1.807, 2.05) is 25.3 Å². The summed E-state index contributed by atoms with van der Waals surface area (Å²) in [4.78, 5) is 30.3. The van der Waals surface area contributed by atoms with Crippen LogP contribution in [0.25, 0.3) is 10.2 Å². The van der Waals surface area contributed by atoms with Crippen molar-refractivity contribution >= 4 is 39.1 Å². The Labute approximate surface area is 154 Å². The normalized spacial score (nSPS) is 11.6. The summed E-state index contributed by atoms with van der Waals surface area (Å²) in [5, 5.41) is 3.06. The first-order valence-corrected chi connectivity index (χ1v) is 9.96. The van der Waals surface area contributed by atoms with Crippen LogP contribution in [0.4, 0.5) is 0 Å². The predicted octanol–water partition coefficient (Wildman–Crippen LogP) is 3.97. The summed E-state index contributed by atoms with van der Waals surface area (Å²) in [6.07, 6.45) is 0. The summed E-state index contributed by atoms with van der Waals surface area (Å²) >= 11 is 2.75. The highest BCUT2D eigenvalue weighted by Crippen LogP contribution is 2.24. The van der Waals surface area contributed by atoms with E-state index in [0.717, 1.165) is 21.8 Å². The van der Waals surface area contributed by atoms with E-state index in [-0.39, 0.29) is 17.1 Å². The van der Waals surface area contributed by atoms with E-state index in [2.05, 4.69) is 23.4 Å². The van der Waals surface area contributed by atoms with Crippen molar-refractivity contribution in [2.75, 3.05) is 5.75 Å². The Hall–Kier alpha value is -1.86. The van der Waals surface area contributed by atoms with Gasteiger partial charge >= 0.3 is 0 Å². The van der Waals surface area contributed by atoms with Crippen LogP contribution in [0.3, 0.4) is 0 Å². The number of carbonyl (C=O) groups excluding carboxylic acids is 1. The van der Waals surface area contributed by atoms with Crippen LogP contribution in [0.1, 0.15) is 41.6 Å². The fourth-order valence-corrected chi connectivity index (χ4v) is 4.83. The number of aromatic nitrogens is 3. The summed E-state index contributed by atoms with van der Waals surface area (Å²) in [5.74, 6) is 0.324. The molecule has 7 heteroatoms. The monoisotopic (exact) mass is 375 g/mol. The molecule has 3 rings (SSSR count). The topological polar surface area (TPSA) is 56.9 Å². The lowest BCUT2D eigenvalue weighted by molar-refractivity contribution is 0.102. The van der Waals surface area contributed by atoms with Gasteiger partial charge in [0.1, 0.15) is 4.83 Å². The molecular formula is C18H21N3O2S2. The third-order valence-electron chi connectivity index (χ3n) is 4.30. The number of thiophene rings is 1. The number of ketones is 1. The van der Waals surface area contributed by atoms with Crippen LogP contribution in [0.5, 0.6) is 0 Å². The number of Topliss-reactive ketones (excluding diaryl/α,β-unsaturated/α-hetero) is 1. The van der Waals surface area contributed by atoms with E-state index in [0.29, 0.717) is 16.6 Å². The number of hydrogen-bond donors (Lipinski definition) is 0. The molecule has 5 nitrogen and oxygen atoms in total. The molecule has 0 atom stereocenters. The zero-order valence-corrected chi connectivity index (χ0v) is 16.6. The van der Waals surface area contributed by atoms with Gasteiger partial charge < -0.3 is 4.57 Å². The molecule has 0 fully saturated rings. The van der Waals surface area contributed by atoms with Crippen LogP contribution in [-0.4, -0.2) is 25.7 Å². The molecule has 0 amide bonds. The molecular weight excluding hydrogens is 354 g/mol. The SMILES string of the molecule is Cc1cc(C(=O)CSc2nc3sccc3c(=O)n2C)c(C)n1C(C)C. The molecule has 0 spiro atoms. The third-order valence-corrected chi connectivity index (χ3v) is 6.13. The molecule has 132 valence electrons. The maximum absolute atomic E-state index is 12.7. The molecule has 0 saturated heterocycles. The standard InChI is InChI=1S/C18H21N3O2S2/c1-10(2)21-11(3)8-14(12(21)4)15(22)9-25-18-19-16-13(6-7-24-16)17(23)20(18)5/h6-8,10H,9H2,1-5H3. The molecule has 0 unspecified atom stereocenters. The summed E-state index contributed by atoms with van der Waals surface area (Å²) in [6.45, 7) is 8.22. The zero-order valence-electron chi connectivity index (χ0n) is 15.0. The van der Waals surface area contributed by atoms with E-state index >= 15 is 0 Å². The van der Waals surface area contributed by atoms with Crippen molar-refractivity contribution in [2.24, 2.45) is 7.05 Å². The Morgan fingerprint density at radius 3 is 2.72 bits per heavy atom. The molecule has 0 radical (unpaired) electrons. The number of hydrogen-bond acceptors (Lipinski definition) is 5. The van der Waals surface area contributed by atoms with Crippen LogP contribution in [-0.2, 0) is 7.05 Å². The maximum Gasteiger partial charge on any atom is 0.262 e. The first-order chi connectivity index (χ1) is 11.8. The number of rotatable bonds is 5. The highest BCUT2D eigenvalue weighted by Gasteiger charge is 2.18. The van der Waals surface area contributed by atoms with E-state index < -0.39 is 0 Å². The van der Waals surface area contributed by atoms with Crippen molar-refractivity contribution in [3.63, 3.8) is 0 Å². The van der Waals surface area contributed by atoms with Crippen LogP contribution in [0.2, 0.25) is 0 Å². The Kier molecular flexibility index (Phi) is 4.88. The molecule has 25 heavy (non-hydrogen) atoms. The second kappa shape index (κ2) is 6.80. The van der Waals surface area contributed by atoms with Gasteiger partial charge in [-0.05, 0) is 45.2 Å². The highest BCUT2D eigenvalue weighted by atomic mass is 32.2. The molecule has 3 aromatic heterocycles. The van der Waals surface area contributed by atoms with Gasteiger partial charge in [-0.15, -0.1) is 11.3 Å². The fraction of sp³-hybridized carbons (Fsp3) is 0.389. The second-order valence-electron chi connectivity index (χ2n) is 6.36. The van der Waals surface area contributed by atoms with E-state index in [1.165, 1.54) is 27.7 Å². The van der Waals surface area contributed by atoms with E-state index in [4.69, 9.17) is 0 Å². The Morgan fingerprint density at radius 2 is 2.08 bits per heavy atom. The van der Waals surface area contributed by atoms with Crippen molar-refractivity contribution in [2.45, 2.75) is 38.9 Å². The van der Waals surface area contributed by atoms with Gasteiger partial charge in [0.25, 0.3) is 5.56 Å². The molecule has 0 aromatic carbocycles. The van der Waals surface area contributed by atoms with Gasteiger partial charge in [0, 0.05) is 30.0 Å². The zero-order chi connectivity index (χ0) is 18.3. The fourth-order valence-electron chi connectivity index (χ4n) is 3.17. The Balaban J connectivity index is 1.85. The molecule has 0 saturated carbocycles. The van der Waals surface area contributed by atoms with Crippen molar-refractivity contribution in [1.82, 2.24) is 14.1 Å². The average molecular weight is 376 g/mol. The minimum atomic E-state index is -0.0702. The summed E-state index contributed by atoms with van der Waals surface area (Å²) in [5.41, 5.74) is 2.76. The lowest BCUT2D eigenvalue weighted by Gasteiger charge is -2.13. The van der Waals surface area contributed by atoms with Gasteiger partial charge in [0.2, 0.25) is 0 Å². The minimum absolute atomic E-state index is 0.0607. The third kappa shape index (κ3) is 3.18. The molecule has 0 aliphatic carbocycles. The summed E-state index contributed by atoms with van der Waals surface area (Å²) in [7, 11) is 1.70. The number of nitrogens with zero attached hydrogens (tertiary/aromatic N) is 3. The number of carbonyl (C=O) groups is 1. The van der Waals surface area contributed by atoms with Gasteiger partial charge in [-0.3, -0.25) is 14.2 Å². The minimum Gasteiger partial charge on any atom is -0.346 e. The lowest BCUT2D eigenvalue weighted by atomic mass is 10.2. The maximum atomic E-state index is 12.7. The quantitative estimate of drug-likeness (QED) is 0.385. The van der Waals surface area contributed by atoms with Crippen molar-refractivity contribution in [3.05, 3.63) is 44.8 Å². The first-order valence-electron chi connectivity index (χ1n) is 8.10. The Morgan fingerprint density at radius 1 is 1.36 bits per heavy atom. The molecule has 3 heterocycles. The number of thioether (sulfide) groups is 1. The van der Waals surface area contributed by atoms with Gasteiger partial charge in [-0.2, -0.15) is 0 Å². The number of aryl methyl sites for hydroxylation is 1. The molecule has 0 N–H and O–H groups in total.